The molecule has 0 fully saturated rings. The molecular weight excluding hydrogens is 451 g/mol. The van der Waals surface area contributed by atoms with Crippen molar-refractivity contribution >= 4 is 40.0 Å². The monoisotopic (exact) mass is 482 g/mol. The fraction of sp³-hybridized carbons (Fsp3) is 0.588. The number of halogens is 1. The minimum Gasteiger partial charge on any atom is -0.357 e. The molecule has 0 saturated carbocycles. The molecule has 0 saturated heterocycles. The fourth-order valence-electron chi connectivity index (χ4n) is 2.65. The fourth-order valence-corrected chi connectivity index (χ4v) is 3.04. The van der Waals surface area contributed by atoms with Gasteiger partial charge in [-0.3, -0.25) is 4.99 Å². The number of hydrogen-bond donors (Lipinski definition) is 3. The van der Waals surface area contributed by atoms with Crippen molar-refractivity contribution in [3.8, 4) is 0 Å². The first-order valence-corrected chi connectivity index (χ1v) is 10.2. The van der Waals surface area contributed by atoms with Gasteiger partial charge in [0, 0.05) is 18.5 Å². The molecule has 0 unspecified atom stereocenters. The molecule has 144 valence electrons. The molecule has 0 amide bonds. The van der Waals surface area contributed by atoms with E-state index in [1.807, 2.05) is 13.0 Å². The van der Waals surface area contributed by atoms with Crippen LogP contribution in [0.3, 0.4) is 0 Å². The van der Waals surface area contributed by atoms with Gasteiger partial charge < -0.3 is 10.6 Å². The Kier molecular flexibility index (Phi) is 11.3. The number of aliphatic imine (C=N–C) groups is 1. The summed E-state index contributed by atoms with van der Waals surface area (Å²) in [4.78, 5) is 4.68. The maximum absolute atomic E-state index is 11.0. The first-order chi connectivity index (χ1) is 11.4. The topological polar surface area (TPSA) is 96.6 Å². The van der Waals surface area contributed by atoms with Gasteiger partial charge in [0.05, 0.1) is 12.3 Å². The lowest BCUT2D eigenvalue weighted by Crippen LogP contribution is -2.41. The van der Waals surface area contributed by atoms with Gasteiger partial charge in [-0.15, -0.1) is 24.0 Å². The van der Waals surface area contributed by atoms with Gasteiger partial charge in [-0.2, -0.15) is 0 Å². The average molecular weight is 482 g/mol. The molecule has 0 aliphatic carbocycles. The summed E-state index contributed by atoms with van der Waals surface area (Å²) < 4.78 is 22.1. The summed E-state index contributed by atoms with van der Waals surface area (Å²) in [5.41, 5.74) is 1.25. The number of nitrogens with two attached hydrogens (primary N) is 1. The number of primary sulfonamides is 1. The van der Waals surface area contributed by atoms with Crippen LogP contribution in [0, 0.1) is 0 Å². The molecule has 0 heterocycles. The van der Waals surface area contributed by atoms with Gasteiger partial charge in [-0.25, -0.2) is 13.6 Å². The molecule has 0 aliphatic heterocycles. The van der Waals surface area contributed by atoms with Crippen molar-refractivity contribution in [2.45, 2.75) is 39.0 Å². The van der Waals surface area contributed by atoms with E-state index in [0.717, 1.165) is 12.8 Å². The van der Waals surface area contributed by atoms with Crippen molar-refractivity contribution in [2.24, 2.45) is 10.1 Å². The quantitative estimate of drug-likeness (QED) is 0.286. The zero-order valence-corrected chi connectivity index (χ0v) is 18.4. The Labute approximate surface area is 169 Å². The average Bonchev–Trinajstić information content (AvgIpc) is 2.56. The summed E-state index contributed by atoms with van der Waals surface area (Å²) in [7, 11) is -3.48. The highest BCUT2D eigenvalue weighted by atomic mass is 127. The maximum Gasteiger partial charge on any atom is 0.210 e. The van der Waals surface area contributed by atoms with Crippen molar-refractivity contribution in [1.29, 1.82) is 0 Å². The molecule has 0 spiro atoms. The van der Waals surface area contributed by atoms with Crippen LogP contribution in [0.15, 0.2) is 35.3 Å². The molecule has 6 nitrogen and oxygen atoms in total. The molecule has 1 rings (SSSR count). The SMILES string of the molecule is CCNC(=NCC(CC)(CC)c1ccccc1)NCCS(N)(=O)=O.I. The largest absolute Gasteiger partial charge is 0.357 e. The summed E-state index contributed by atoms with van der Waals surface area (Å²) in [6.07, 6.45) is 1.96. The lowest BCUT2D eigenvalue weighted by Gasteiger charge is -2.31. The third kappa shape index (κ3) is 8.37. The van der Waals surface area contributed by atoms with Crippen LogP contribution in [-0.4, -0.2) is 39.8 Å². The van der Waals surface area contributed by atoms with Gasteiger partial charge in [0.1, 0.15) is 0 Å². The summed E-state index contributed by atoms with van der Waals surface area (Å²) in [5.74, 6) is 0.492. The highest BCUT2D eigenvalue weighted by molar-refractivity contribution is 14.0. The zero-order valence-electron chi connectivity index (χ0n) is 15.3. The number of nitrogens with zero attached hydrogens (tertiary/aromatic N) is 1. The van der Waals surface area contributed by atoms with Crippen LogP contribution in [0.1, 0.15) is 39.2 Å². The molecule has 8 heteroatoms. The molecule has 4 N–H and O–H groups in total. The maximum atomic E-state index is 11.0. The van der Waals surface area contributed by atoms with Crippen molar-refractivity contribution in [1.82, 2.24) is 10.6 Å². The van der Waals surface area contributed by atoms with Crippen molar-refractivity contribution < 1.29 is 8.42 Å². The van der Waals surface area contributed by atoms with Crippen molar-refractivity contribution in [2.75, 3.05) is 25.4 Å². The van der Waals surface area contributed by atoms with E-state index in [2.05, 4.69) is 53.7 Å². The number of benzene rings is 1. The van der Waals surface area contributed by atoms with Crippen LogP contribution >= 0.6 is 24.0 Å². The Hall–Kier alpha value is -0.870. The normalized spacial score (nSPS) is 12.4. The minimum absolute atomic E-state index is 0. The van der Waals surface area contributed by atoms with E-state index < -0.39 is 10.0 Å². The van der Waals surface area contributed by atoms with Crippen LogP contribution in [0.2, 0.25) is 0 Å². The van der Waals surface area contributed by atoms with Crippen LogP contribution in [0.5, 0.6) is 0 Å². The van der Waals surface area contributed by atoms with Crippen molar-refractivity contribution in [3.05, 3.63) is 35.9 Å². The van der Waals surface area contributed by atoms with Crippen LogP contribution in [0.4, 0.5) is 0 Å². The summed E-state index contributed by atoms with van der Waals surface area (Å²) >= 11 is 0. The van der Waals surface area contributed by atoms with Gasteiger partial charge >= 0.3 is 0 Å². The predicted molar refractivity (Wildman–Crippen MR) is 116 cm³/mol. The lowest BCUT2D eigenvalue weighted by atomic mass is 9.76. The van der Waals surface area contributed by atoms with Gasteiger partial charge in [0.25, 0.3) is 0 Å². The van der Waals surface area contributed by atoms with Gasteiger partial charge in [-0.1, -0.05) is 44.2 Å². The van der Waals surface area contributed by atoms with Crippen LogP contribution in [-0.2, 0) is 15.4 Å². The number of hydrogen-bond acceptors (Lipinski definition) is 3. The standard InChI is InChI=1S/C17H30N4O2S.HI/c1-4-17(5-2,15-10-8-7-9-11-15)14-21-16(19-6-3)20-12-13-24(18,22)23;/h7-11H,4-6,12-14H2,1-3H3,(H2,18,22,23)(H2,19,20,21);1H. The van der Waals surface area contributed by atoms with Gasteiger partial charge in [0.15, 0.2) is 5.96 Å². The van der Waals surface area contributed by atoms with E-state index in [-0.39, 0.29) is 41.7 Å². The molecule has 0 bridgehead atoms. The number of guanidine groups is 1. The molecule has 0 aliphatic rings. The Bertz CT molecular complexity index is 617. The Morgan fingerprint density at radius 1 is 1.12 bits per heavy atom. The molecule has 0 aromatic heterocycles. The molecular formula is C17H31IN4O2S. The first kappa shape index (κ1) is 24.1. The molecule has 0 atom stereocenters. The first-order valence-electron chi connectivity index (χ1n) is 8.45. The van der Waals surface area contributed by atoms with E-state index in [9.17, 15) is 8.42 Å². The second-order valence-corrected chi connectivity index (χ2v) is 7.58. The number of rotatable bonds is 9. The van der Waals surface area contributed by atoms with Crippen LogP contribution < -0.4 is 15.8 Å². The predicted octanol–water partition coefficient (Wildman–Crippen LogP) is 2.21. The van der Waals surface area contributed by atoms with Gasteiger partial charge in [-0.05, 0) is 25.3 Å². The van der Waals surface area contributed by atoms with E-state index in [4.69, 9.17) is 5.14 Å². The van der Waals surface area contributed by atoms with Crippen LogP contribution in [0.25, 0.3) is 0 Å². The smallest absolute Gasteiger partial charge is 0.210 e. The molecule has 0 radical (unpaired) electrons. The third-order valence-corrected chi connectivity index (χ3v) is 5.08. The second-order valence-electron chi connectivity index (χ2n) is 5.84. The van der Waals surface area contributed by atoms with E-state index >= 15 is 0 Å². The Balaban J connectivity index is 0.00000576. The highest BCUT2D eigenvalue weighted by Crippen LogP contribution is 2.31. The Morgan fingerprint density at radius 3 is 2.20 bits per heavy atom. The molecule has 1 aromatic carbocycles. The van der Waals surface area contributed by atoms with E-state index in [1.165, 1.54) is 5.56 Å². The minimum atomic E-state index is -3.48. The molecule has 25 heavy (non-hydrogen) atoms. The van der Waals surface area contributed by atoms with E-state index in [0.29, 0.717) is 19.0 Å². The van der Waals surface area contributed by atoms with E-state index in [1.54, 1.807) is 0 Å². The summed E-state index contributed by atoms with van der Waals surface area (Å²) in [5, 5.41) is 11.2. The summed E-state index contributed by atoms with van der Waals surface area (Å²) in [6.45, 7) is 7.90. The zero-order chi connectivity index (χ0) is 18.1. The van der Waals surface area contributed by atoms with Crippen molar-refractivity contribution in [3.63, 3.8) is 0 Å². The highest BCUT2D eigenvalue weighted by Gasteiger charge is 2.28. The van der Waals surface area contributed by atoms with Gasteiger partial charge in [0.2, 0.25) is 10.0 Å². The number of sulfonamides is 1. The molecule has 1 aromatic rings. The lowest BCUT2D eigenvalue weighted by molar-refractivity contribution is 0.407. The summed E-state index contributed by atoms with van der Waals surface area (Å²) in [6, 6.07) is 10.4. The Morgan fingerprint density at radius 2 is 1.72 bits per heavy atom. The third-order valence-electron chi connectivity index (χ3n) is 4.30. The number of nitrogens with one attached hydrogen (secondary N) is 2. The second kappa shape index (κ2) is 11.7.